The van der Waals surface area contributed by atoms with Gasteiger partial charge in [-0.1, -0.05) is 65.2 Å². The van der Waals surface area contributed by atoms with Gasteiger partial charge in [0.05, 0.1) is 0 Å². The van der Waals surface area contributed by atoms with E-state index in [1.165, 1.54) is 25.7 Å². The van der Waals surface area contributed by atoms with Gasteiger partial charge in [-0.3, -0.25) is 0 Å². The van der Waals surface area contributed by atoms with Gasteiger partial charge in [-0.05, 0) is 49.4 Å². The fourth-order valence-corrected chi connectivity index (χ4v) is 4.71. The lowest BCUT2D eigenvalue weighted by Crippen LogP contribution is -2.25. The summed E-state index contributed by atoms with van der Waals surface area (Å²) in [6, 6.07) is 0. The van der Waals surface area contributed by atoms with Crippen molar-refractivity contribution in [1.82, 2.24) is 0 Å². The van der Waals surface area contributed by atoms with Crippen LogP contribution in [0.15, 0.2) is 0 Å². The molecule has 2 aliphatic carbocycles. The second kappa shape index (κ2) is 7.56. The molecule has 2 saturated carbocycles. The molecule has 0 bridgehead atoms. The zero-order valence-electron chi connectivity index (χ0n) is 12.8. The van der Waals surface area contributed by atoms with Crippen LogP contribution in [0.4, 0.5) is 0 Å². The Morgan fingerprint density at radius 3 is 1.17 bits per heavy atom. The summed E-state index contributed by atoms with van der Waals surface area (Å²) in [4.78, 5) is 0. The molecule has 0 aromatic heterocycles. The second-order valence-corrected chi connectivity index (χ2v) is 7.14. The molecular weight excluding hydrogens is 216 g/mol. The van der Waals surface area contributed by atoms with Gasteiger partial charge in [0.2, 0.25) is 0 Å². The monoisotopic (exact) mass is 250 g/mol. The number of rotatable bonds is 5. The van der Waals surface area contributed by atoms with Crippen LogP contribution in [0.25, 0.3) is 0 Å². The molecule has 0 spiro atoms. The summed E-state index contributed by atoms with van der Waals surface area (Å²) in [5.74, 6) is 4.40. The molecule has 0 aromatic rings. The third-order valence-corrected chi connectivity index (χ3v) is 5.84. The van der Waals surface area contributed by atoms with Gasteiger partial charge in [0.1, 0.15) is 0 Å². The molecule has 2 rings (SSSR count). The molecule has 0 heteroatoms. The van der Waals surface area contributed by atoms with Gasteiger partial charge in [-0.25, -0.2) is 0 Å². The highest BCUT2D eigenvalue weighted by Gasteiger charge is 2.30. The predicted octanol–water partition coefficient (Wildman–Crippen LogP) is 6.20. The first-order valence-electron chi connectivity index (χ1n) is 8.83. The van der Waals surface area contributed by atoms with Gasteiger partial charge in [-0.15, -0.1) is 0 Å². The van der Waals surface area contributed by atoms with Crippen LogP contribution in [0.3, 0.4) is 0 Å². The molecule has 0 saturated heterocycles. The molecule has 0 amide bonds. The lowest BCUT2D eigenvalue weighted by Gasteiger charge is -2.38. The van der Waals surface area contributed by atoms with E-state index >= 15 is 0 Å². The molecule has 0 aliphatic heterocycles. The summed E-state index contributed by atoms with van der Waals surface area (Å²) in [5, 5.41) is 0. The normalized spacial score (nSPS) is 37.7. The van der Waals surface area contributed by atoms with Gasteiger partial charge in [0.25, 0.3) is 0 Å². The molecule has 2 aliphatic rings. The topological polar surface area (TPSA) is 0 Å². The SMILES string of the molecule is CCCC1CCC([C@H]2CC[C@H](CCC)CC2)CC1. The zero-order valence-corrected chi connectivity index (χ0v) is 12.8. The van der Waals surface area contributed by atoms with Crippen molar-refractivity contribution in [3.8, 4) is 0 Å². The van der Waals surface area contributed by atoms with Gasteiger partial charge in [0, 0.05) is 0 Å². The molecule has 0 nitrogen and oxygen atoms in total. The van der Waals surface area contributed by atoms with Crippen molar-refractivity contribution in [2.75, 3.05) is 0 Å². The summed E-state index contributed by atoms with van der Waals surface area (Å²) in [5.41, 5.74) is 0. The Kier molecular flexibility index (Phi) is 6.05. The molecule has 18 heavy (non-hydrogen) atoms. The zero-order chi connectivity index (χ0) is 12.8. The minimum Gasteiger partial charge on any atom is -0.0654 e. The summed E-state index contributed by atoms with van der Waals surface area (Å²) in [7, 11) is 0. The highest BCUT2D eigenvalue weighted by Crippen LogP contribution is 2.42. The van der Waals surface area contributed by atoms with E-state index in [-0.39, 0.29) is 0 Å². The first-order valence-corrected chi connectivity index (χ1v) is 8.83. The summed E-state index contributed by atoms with van der Waals surface area (Å²) >= 11 is 0. The van der Waals surface area contributed by atoms with Crippen LogP contribution in [-0.4, -0.2) is 0 Å². The van der Waals surface area contributed by atoms with Crippen molar-refractivity contribution in [2.24, 2.45) is 23.7 Å². The van der Waals surface area contributed by atoms with Gasteiger partial charge >= 0.3 is 0 Å². The van der Waals surface area contributed by atoms with Crippen LogP contribution in [0.2, 0.25) is 0 Å². The predicted molar refractivity (Wildman–Crippen MR) is 80.7 cm³/mol. The standard InChI is InChI=1S/C18H34/c1-3-5-15-7-11-17(12-8-15)18-13-9-16(6-4-2)10-14-18/h15-18H,3-14H2,1-2H3/t15-,16?,17-,18?. The Balaban J connectivity index is 1.68. The molecule has 0 radical (unpaired) electrons. The van der Waals surface area contributed by atoms with Crippen LogP contribution in [0.1, 0.15) is 90.9 Å². The van der Waals surface area contributed by atoms with Crippen LogP contribution in [0, 0.1) is 23.7 Å². The maximum absolute atomic E-state index is 2.35. The van der Waals surface area contributed by atoms with E-state index in [4.69, 9.17) is 0 Å². The Bertz CT molecular complexity index is 180. The van der Waals surface area contributed by atoms with E-state index in [1.54, 1.807) is 51.4 Å². The molecule has 0 unspecified atom stereocenters. The largest absolute Gasteiger partial charge is 0.0654 e. The van der Waals surface area contributed by atoms with E-state index in [0.29, 0.717) is 0 Å². The third-order valence-electron chi connectivity index (χ3n) is 5.84. The van der Waals surface area contributed by atoms with E-state index in [0.717, 1.165) is 23.7 Å². The molecule has 0 N–H and O–H groups in total. The Hall–Kier alpha value is 0. The van der Waals surface area contributed by atoms with Crippen LogP contribution in [-0.2, 0) is 0 Å². The Morgan fingerprint density at radius 2 is 0.889 bits per heavy atom. The van der Waals surface area contributed by atoms with E-state index < -0.39 is 0 Å². The lowest BCUT2D eigenvalue weighted by atomic mass is 9.68. The van der Waals surface area contributed by atoms with Gasteiger partial charge < -0.3 is 0 Å². The maximum atomic E-state index is 2.35. The highest BCUT2D eigenvalue weighted by atomic mass is 14.4. The molecular formula is C18H34. The molecule has 0 atom stereocenters. The summed E-state index contributed by atoms with van der Waals surface area (Å²) in [6.45, 7) is 4.70. The number of hydrogen-bond donors (Lipinski definition) is 0. The van der Waals surface area contributed by atoms with Crippen LogP contribution >= 0.6 is 0 Å². The fourth-order valence-electron chi connectivity index (χ4n) is 4.71. The Labute approximate surface area is 115 Å². The van der Waals surface area contributed by atoms with Gasteiger partial charge in [0.15, 0.2) is 0 Å². The second-order valence-electron chi connectivity index (χ2n) is 7.14. The molecule has 106 valence electrons. The third kappa shape index (κ3) is 4.00. The molecule has 0 heterocycles. The maximum Gasteiger partial charge on any atom is -0.0386 e. The average molecular weight is 250 g/mol. The van der Waals surface area contributed by atoms with Crippen LogP contribution < -0.4 is 0 Å². The molecule has 0 aromatic carbocycles. The quantitative estimate of drug-likeness (QED) is 0.545. The van der Waals surface area contributed by atoms with Crippen molar-refractivity contribution >= 4 is 0 Å². The van der Waals surface area contributed by atoms with E-state index in [9.17, 15) is 0 Å². The van der Waals surface area contributed by atoms with Gasteiger partial charge in [-0.2, -0.15) is 0 Å². The number of hydrogen-bond acceptors (Lipinski definition) is 0. The summed E-state index contributed by atoms with van der Waals surface area (Å²) in [6.07, 6.45) is 18.2. The van der Waals surface area contributed by atoms with Crippen LogP contribution in [0.5, 0.6) is 0 Å². The first-order chi connectivity index (χ1) is 8.83. The fraction of sp³-hybridized carbons (Fsp3) is 1.00. The summed E-state index contributed by atoms with van der Waals surface area (Å²) < 4.78 is 0. The minimum atomic E-state index is 1.09. The first kappa shape index (κ1) is 14.4. The van der Waals surface area contributed by atoms with Crippen molar-refractivity contribution in [2.45, 2.75) is 90.9 Å². The minimum absolute atomic E-state index is 1.09. The van der Waals surface area contributed by atoms with E-state index in [2.05, 4.69) is 13.8 Å². The van der Waals surface area contributed by atoms with Crippen molar-refractivity contribution in [1.29, 1.82) is 0 Å². The Morgan fingerprint density at radius 1 is 0.556 bits per heavy atom. The van der Waals surface area contributed by atoms with Crippen molar-refractivity contribution in [3.63, 3.8) is 0 Å². The molecule has 2 fully saturated rings. The van der Waals surface area contributed by atoms with Crippen molar-refractivity contribution < 1.29 is 0 Å². The lowest BCUT2D eigenvalue weighted by molar-refractivity contribution is 0.141. The van der Waals surface area contributed by atoms with E-state index in [1.807, 2.05) is 0 Å². The highest BCUT2D eigenvalue weighted by molar-refractivity contribution is 4.81. The average Bonchev–Trinajstić information content (AvgIpc) is 2.41. The van der Waals surface area contributed by atoms with Crippen molar-refractivity contribution in [3.05, 3.63) is 0 Å². The smallest absolute Gasteiger partial charge is 0.0386 e.